The van der Waals surface area contributed by atoms with Crippen molar-refractivity contribution in [2.45, 2.75) is 25.2 Å². The minimum atomic E-state index is -0.650. The lowest BCUT2D eigenvalue weighted by atomic mass is 9.90. The Morgan fingerprint density at radius 1 is 0.974 bits per heavy atom. The predicted octanol–water partition coefficient (Wildman–Crippen LogP) is 4.78. The molecule has 5 rings (SSSR count). The zero-order valence-corrected chi connectivity index (χ0v) is 22.2. The van der Waals surface area contributed by atoms with Gasteiger partial charge in [-0.1, -0.05) is 42.8 Å². The maximum atomic E-state index is 13.2. The molecule has 0 spiro atoms. The van der Waals surface area contributed by atoms with Crippen LogP contribution in [0.3, 0.4) is 0 Å². The van der Waals surface area contributed by atoms with Crippen molar-refractivity contribution in [3.05, 3.63) is 89.5 Å². The monoisotopic (exact) mass is 524 g/mol. The molecule has 1 saturated heterocycles. The van der Waals surface area contributed by atoms with Gasteiger partial charge in [0.1, 0.15) is 5.92 Å². The highest BCUT2D eigenvalue weighted by Crippen LogP contribution is 2.37. The van der Waals surface area contributed by atoms with Crippen LogP contribution in [0.1, 0.15) is 46.7 Å². The Balaban J connectivity index is 1.42. The minimum Gasteiger partial charge on any atom is -0.465 e. The average molecular weight is 525 g/mol. The molecule has 8 nitrogen and oxygen atoms in total. The number of carbonyl (C=O) groups excluding carboxylic acids is 3. The number of fused-ring (bicyclic) bond motifs is 1. The summed E-state index contributed by atoms with van der Waals surface area (Å²) in [5.74, 6) is -1.27. The second kappa shape index (κ2) is 11.6. The van der Waals surface area contributed by atoms with E-state index in [1.807, 2.05) is 54.6 Å². The van der Waals surface area contributed by atoms with Crippen molar-refractivity contribution in [2.75, 3.05) is 44.0 Å². The number of piperidine rings is 1. The van der Waals surface area contributed by atoms with Crippen LogP contribution in [0.5, 0.6) is 0 Å². The van der Waals surface area contributed by atoms with Crippen LogP contribution in [0.2, 0.25) is 0 Å². The summed E-state index contributed by atoms with van der Waals surface area (Å²) < 4.78 is 4.82. The summed E-state index contributed by atoms with van der Waals surface area (Å²) in [6.45, 7) is 2.36. The number of hydrogen-bond acceptors (Lipinski definition) is 6. The van der Waals surface area contributed by atoms with E-state index in [4.69, 9.17) is 9.73 Å². The zero-order chi connectivity index (χ0) is 27.4. The average Bonchev–Trinajstić information content (AvgIpc) is 3.31. The summed E-state index contributed by atoms with van der Waals surface area (Å²) in [5.41, 5.74) is 4.56. The van der Waals surface area contributed by atoms with Crippen LogP contribution in [-0.4, -0.2) is 62.2 Å². The Labute approximate surface area is 228 Å². The third kappa shape index (κ3) is 5.76. The Kier molecular flexibility index (Phi) is 7.84. The molecule has 39 heavy (non-hydrogen) atoms. The molecule has 2 amide bonds. The number of rotatable bonds is 7. The summed E-state index contributed by atoms with van der Waals surface area (Å²) in [6.07, 6.45) is 3.52. The molecule has 2 aliphatic rings. The number of amides is 2. The van der Waals surface area contributed by atoms with Gasteiger partial charge in [-0.25, -0.2) is 4.79 Å². The summed E-state index contributed by atoms with van der Waals surface area (Å²) in [4.78, 5) is 46.9. The lowest BCUT2D eigenvalue weighted by Gasteiger charge is -2.28. The number of likely N-dealkylation sites (N-methyl/N-ethyl adjacent to an activating group) is 1. The molecule has 200 valence electrons. The van der Waals surface area contributed by atoms with E-state index in [1.54, 1.807) is 30.1 Å². The van der Waals surface area contributed by atoms with Gasteiger partial charge in [-0.05, 0) is 73.5 Å². The number of anilines is 2. The van der Waals surface area contributed by atoms with E-state index in [9.17, 15) is 14.4 Å². The SMILES string of the molecule is COC(=O)c1ccc2c(c1)NC(=O)C2C(=Nc1ccc(N(C)C(=O)CN2CCCCC2)cc1)c1ccccc1. The maximum Gasteiger partial charge on any atom is 0.337 e. The Hall–Kier alpha value is -4.30. The van der Waals surface area contributed by atoms with Crippen LogP contribution in [0.4, 0.5) is 17.1 Å². The quantitative estimate of drug-likeness (QED) is 0.355. The van der Waals surface area contributed by atoms with E-state index in [-0.39, 0.29) is 11.8 Å². The van der Waals surface area contributed by atoms with Crippen LogP contribution in [-0.2, 0) is 14.3 Å². The molecule has 3 aromatic rings. The number of hydrogen-bond donors (Lipinski definition) is 1. The van der Waals surface area contributed by atoms with Crippen molar-refractivity contribution < 1.29 is 19.1 Å². The van der Waals surface area contributed by atoms with Gasteiger partial charge in [0.2, 0.25) is 11.8 Å². The first kappa shape index (κ1) is 26.3. The van der Waals surface area contributed by atoms with E-state index in [0.29, 0.717) is 29.2 Å². The molecule has 0 aromatic heterocycles. The number of nitrogens with zero attached hydrogens (tertiary/aromatic N) is 3. The number of aliphatic imine (C=N–C) groups is 1. The molecular formula is C31H32N4O4. The number of benzene rings is 3. The molecule has 1 fully saturated rings. The number of nitrogens with one attached hydrogen (secondary N) is 1. The lowest BCUT2D eigenvalue weighted by molar-refractivity contribution is -0.119. The van der Waals surface area contributed by atoms with Crippen molar-refractivity contribution in [1.29, 1.82) is 0 Å². The molecule has 1 N–H and O–H groups in total. The van der Waals surface area contributed by atoms with Crippen LogP contribution in [0.15, 0.2) is 77.8 Å². The highest BCUT2D eigenvalue weighted by Gasteiger charge is 2.36. The van der Waals surface area contributed by atoms with Crippen molar-refractivity contribution in [3.8, 4) is 0 Å². The van der Waals surface area contributed by atoms with Gasteiger partial charge in [0.15, 0.2) is 0 Å². The van der Waals surface area contributed by atoms with E-state index < -0.39 is 11.9 Å². The molecule has 0 saturated carbocycles. The predicted molar refractivity (Wildman–Crippen MR) is 152 cm³/mol. The van der Waals surface area contributed by atoms with Gasteiger partial charge in [-0.2, -0.15) is 0 Å². The third-order valence-corrected chi connectivity index (χ3v) is 7.32. The van der Waals surface area contributed by atoms with E-state index in [0.717, 1.165) is 42.7 Å². The number of esters is 1. The minimum absolute atomic E-state index is 0.0590. The molecule has 1 atom stereocenters. The second-order valence-electron chi connectivity index (χ2n) is 9.88. The summed E-state index contributed by atoms with van der Waals surface area (Å²) in [5, 5.41) is 2.90. The van der Waals surface area contributed by atoms with E-state index >= 15 is 0 Å². The fraction of sp³-hybridized carbons (Fsp3) is 0.290. The van der Waals surface area contributed by atoms with Crippen molar-refractivity contribution in [1.82, 2.24) is 4.90 Å². The molecule has 8 heteroatoms. The highest BCUT2D eigenvalue weighted by atomic mass is 16.5. The van der Waals surface area contributed by atoms with E-state index in [2.05, 4.69) is 10.2 Å². The first-order chi connectivity index (χ1) is 18.9. The van der Waals surface area contributed by atoms with Gasteiger partial charge in [-0.3, -0.25) is 19.5 Å². The van der Waals surface area contributed by atoms with Crippen LogP contribution in [0.25, 0.3) is 0 Å². The van der Waals surface area contributed by atoms with Gasteiger partial charge >= 0.3 is 5.97 Å². The number of ether oxygens (including phenoxy) is 1. The first-order valence-corrected chi connectivity index (χ1v) is 13.2. The van der Waals surface area contributed by atoms with Crippen LogP contribution in [0, 0.1) is 0 Å². The largest absolute Gasteiger partial charge is 0.465 e. The van der Waals surface area contributed by atoms with Crippen molar-refractivity contribution in [3.63, 3.8) is 0 Å². The topological polar surface area (TPSA) is 91.3 Å². The van der Waals surface area contributed by atoms with Crippen LogP contribution < -0.4 is 10.2 Å². The molecule has 2 aliphatic heterocycles. The normalized spacial score (nSPS) is 17.3. The van der Waals surface area contributed by atoms with Crippen molar-refractivity contribution >= 4 is 40.6 Å². The third-order valence-electron chi connectivity index (χ3n) is 7.32. The zero-order valence-electron chi connectivity index (χ0n) is 22.2. The molecular weight excluding hydrogens is 492 g/mol. The molecule has 0 bridgehead atoms. The fourth-order valence-electron chi connectivity index (χ4n) is 5.13. The summed E-state index contributed by atoms with van der Waals surface area (Å²) in [7, 11) is 3.12. The Morgan fingerprint density at radius 3 is 2.38 bits per heavy atom. The molecule has 1 unspecified atom stereocenters. The van der Waals surface area contributed by atoms with E-state index in [1.165, 1.54) is 13.5 Å². The number of carbonyl (C=O) groups is 3. The molecule has 0 aliphatic carbocycles. The van der Waals surface area contributed by atoms with Crippen LogP contribution >= 0.6 is 0 Å². The Morgan fingerprint density at radius 2 is 1.69 bits per heavy atom. The molecule has 0 radical (unpaired) electrons. The first-order valence-electron chi connectivity index (χ1n) is 13.2. The van der Waals surface area contributed by atoms with Gasteiger partial charge in [0.05, 0.1) is 30.6 Å². The Bertz CT molecular complexity index is 1400. The number of likely N-dealkylation sites (tertiary alicyclic amines) is 1. The maximum absolute atomic E-state index is 13.2. The standard InChI is InChI=1S/C31H32N4O4/c1-34(27(36)20-35-17-7-4-8-18-35)24-14-12-23(13-15-24)32-29(21-9-5-3-6-10-21)28-25-16-11-22(31(38)39-2)19-26(25)33-30(28)37/h3,5-6,9-16,19,28H,4,7-8,17-18,20H2,1-2H3,(H,33,37). The smallest absolute Gasteiger partial charge is 0.337 e. The molecule has 2 heterocycles. The van der Waals surface area contributed by atoms with Crippen molar-refractivity contribution in [2.24, 2.45) is 4.99 Å². The van der Waals surface area contributed by atoms with Gasteiger partial charge in [0.25, 0.3) is 0 Å². The second-order valence-corrected chi connectivity index (χ2v) is 9.88. The lowest BCUT2D eigenvalue weighted by Crippen LogP contribution is -2.40. The summed E-state index contributed by atoms with van der Waals surface area (Å²) in [6, 6.07) is 22.1. The fourth-order valence-corrected chi connectivity index (χ4v) is 5.13. The molecule has 3 aromatic carbocycles. The summed E-state index contributed by atoms with van der Waals surface area (Å²) >= 11 is 0. The van der Waals surface area contributed by atoms with Gasteiger partial charge in [0, 0.05) is 18.4 Å². The highest BCUT2D eigenvalue weighted by molar-refractivity contribution is 6.24. The number of methoxy groups -OCH3 is 1. The van der Waals surface area contributed by atoms with Gasteiger partial charge in [-0.15, -0.1) is 0 Å². The van der Waals surface area contributed by atoms with Gasteiger partial charge < -0.3 is 15.0 Å².